The van der Waals surface area contributed by atoms with Crippen molar-refractivity contribution in [3.8, 4) is 0 Å². The van der Waals surface area contributed by atoms with Gasteiger partial charge in [0, 0.05) is 5.69 Å². The lowest BCUT2D eigenvalue weighted by molar-refractivity contribution is -0.123. The number of aryl methyl sites for hydroxylation is 5. The summed E-state index contributed by atoms with van der Waals surface area (Å²) >= 11 is 0. The standard InChI is InChI=1S/C23H25N5O3/c1-12-8-15(4)19(16(5)9-12)24-18(29)11-27-21-20(25-26-27)22(30)28(23(21)31)17-7-6-13(2)14(3)10-17/h6-10,20-21H,11H2,1-5H3,(H,24,29)/t20-,21+/m0/s1. The van der Waals surface area contributed by atoms with Crippen LogP contribution in [0.5, 0.6) is 0 Å². The molecule has 2 aromatic carbocycles. The number of rotatable bonds is 4. The quantitative estimate of drug-likeness (QED) is 0.770. The van der Waals surface area contributed by atoms with Gasteiger partial charge >= 0.3 is 0 Å². The molecule has 3 amide bonds. The van der Waals surface area contributed by atoms with Gasteiger partial charge < -0.3 is 5.32 Å². The van der Waals surface area contributed by atoms with E-state index in [0.29, 0.717) is 5.69 Å². The molecule has 0 aliphatic carbocycles. The third-order valence-electron chi connectivity index (χ3n) is 5.85. The van der Waals surface area contributed by atoms with Gasteiger partial charge in [-0.15, -0.1) is 0 Å². The van der Waals surface area contributed by atoms with Crippen molar-refractivity contribution < 1.29 is 14.4 Å². The normalized spacial score (nSPS) is 19.9. The molecule has 160 valence electrons. The maximum absolute atomic E-state index is 13.1. The monoisotopic (exact) mass is 419 g/mol. The molecule has 2 atom stereocenters. The third-order valence-corrected chi connectivity index (χ3v) is 5.85. The molecule has 2 heterocycles. The van der Waals surface area contributed by atoms with Gasteiger partial charge in [-0.1, -0.05) is 29.0 Å². The van der Waals surface area contributed by atoms with E-state index < -0.39 is 23.9 Å². The fraction of sp³-hybridized carbons (Fsp3) is 0.348. The van der Waals surface area contributed by atoms with Crippen LogP contribution >= 0.6 is 0 Å². The molecule has 1 fully saturated rings. The van der Waals surface area contributed by atoms with Crippen molar-refractivity contribution >= 4 is 29.1 Å². The van der Waals surface area contributed by atoms with Crippen LogP contribution in [-0.2, 0) is 14.4 Å². The van der Waals surface area contributed by atoms with Crippen LogP contribution in [0.15, 0.2) is 40.7 Å². The predicted octanol–water partition coefficient (Wildman–Crippen LogP) is 3.16. The molecule has 0 unspecified atom stereocenters. The summed E-state index contributed by atoms with van der Waals surface area (Å²) in [4.78, 5) is 39.8. The number of carbonyl (C=O) groups excluding carboxylic acids is 3. The first kappa shape index (κ1) is 20.7. The van der Waals surface area contributed by atoms with E-state index in [-0.39, 0.29) is 12.5 Å². The van der Waals surface area contributed by atoms with Gasteiger partial charge in [0.1, 0.15) is 6.54 Å². The van der Waals surface area contributed by atoms with Crippen LogP contribution in [0.2, 0.25) is 0 Å². The molecule has 0 spiro atoms. The Labute approximate surface area is 180 Å². The number of benzene rings is 2. The highest BCUT2D eigenvalue weighted by Crippen LogP contribution is 2.32. The Morgan fingerprint density at radius 2 is 1.61 bits per heavy atom. The maximum atomic E-state index is 13.1. The Morgan fingerprint density at radius 1 is 0.935 bits per heavy atom. The van der Waals surface area contributed by atoms with E-state index in [4.69, 9.17) is 0 Å². The second-order valence-electron chi connectivity index (χ2n) is 8.29. The molecule has 0 radical (unpaired) electrons. The lowest BCUT2D eigenvalue weighted by Gasteiger charge is -2.21. The molecule has 8 heteroatoms. The van der Waals surface area contributed by atoms with Crippen molar-refractivity contribution in [1.82, 2.24) is 5.01 Å². The van der Waals surface area contributed by atoms with Crippen molar-refractivity contribution in [2.24, 2.45) is 10.3 Å². The Morgan fingerprint density at radius 3 is 2.26 bits per heavy atom. The predicted molar refractivity (Wildman–Crippen MR) is 117 cm³/mol. The highest BCUT2D eigenvalue weighted by Gasteiger charge is 2.55. The van der Waals surface area contributed by atoms with Gasteiger partial charge in [-0.2, -0.15) is 5.11 Å². The minimum atomic E-state index is -0.926. The topological polar surface area (TPSA) is 94.4 Å². The minimum absolute atomic E-state index is 0.169. The van der Waals surface area contributed by atoms with Gasteiger partial charge in [0.2, 0.25) is 5.91 Å². The fourth-order valence-corrected chi connectivity index (χ4v) is 4.18. The summed E-state index contributed by atoms with van der Waals surface area (Å²) in [6.45, 7) is 9.59. The summed E-state index contributed by atoms with van der Waals surface area (Å²) in [5.74, 6) is -1.16. The summed E-state index contributed by atoms with van der Waals surface area (Å²) in [6, 6.07) is 7.59. The third kappa shape index (κ3) is 3.58. The number of fused-ring (bicyclic) bond motifs is 1. The number of anilines is 2. The van der Waals surface area contributed by atoms with E-state index in [1.807, 2.05) is 58.9 Å². The van der Waals surface area contributed by atoms with Gasteiger partial charge in [-0.3, -0.25) is 19.4 Å². The summed E-state index contributed by atoms with van der Waals surface area (Å²) < 4.78 is 0. The van der Waals surface area contributed by atoms with Crippen LogP contribution in [-0.4, -0.2) is 41.4 Å². The van der Waals surface area contributed by atoms with Gasteiger partial charge in [-0.05, 0) is 69.0 Å². The number of nitrogens with zero attached hydrogens (tertiary/aromatic N) is 4. The van der Waals surface area contributed by atoms with Crippen molar-refractivity contribution in [3.63, 3.8) is 0 Å². The Bertz CT molecular complexity index is 1120. The number of carbonyl (C=O) groups is 3. The van der Waals surface area contributed by atoms with E-state index in [9.17, 15) is 14.4 Å². The van der Waals surface area contributed by atoms with Gasteiger partial charge in [0.25, 0.3) is 11.8 Å². The molecular formula is C23H25N5O3. The van der Waals surface area contributed by atoms with Gasteiger partial charge in [-0.25, -0.2) is 4.90 Å². The van der Waals surface area contributed by atoms with Crippen molar-refractivity contribution in [2.45, 2.75) is 46.7 Å². The zero-order valence-electron chi connectivity index (χ0n) is 18.3. The fourth-order valence-electron chi connectivity index (χ4n) is 4.18. The molecule has 4 rings (SSSR count). The smallest absolute Gasteiger partial charge is 0.263 e. The molecule has 0 saturated carbocycles. The van der Waals surface area contributed by atoms with E-state index in [1.165, 1.54) is 5.01 Å². The van der Waals surface area contributed by atoms with Crippen LogP contribution < -0.4 is 10.2 Å². The Balaban J connectivity index is 1.51. The molecule has 2 aliphatic heterocycles. The number of hydrogen-bond acceptors (Lipinski definition) is 6. The first-order chi connectivity index (χ1) is 14.7. The van der Waals surface area contributed by atoms with E-state index in [1.54, 1.807) is 6.07 Å². The second-order valence-corrected chi connectivity index (χ2v) is 8.29. The average molecular weight is 419 g/mol. The molecule has 1 N–H and O–H groups in total. The highest BCUT2D eigenvalue weighted by molar-refractivity contribution is 6.25. The molecule has 2 aromatic rings. The first-order valence-corrected chi connectivity index (χ1v) is 10.2. The van der Waals surface area contributed by atoms with Crippen LogP contribution in [0.1, 0.15) is 27.8 Å². The highest BCUT2D eigenvalue weighted by atomic mass is 16.2. The van der Waals surface area contributed by atoms with Crippen LogP contribution in [0.3, 0.4) is 0 Å². The van der Waals surface area contributed by atoms with Crippen molar-refractivity contribution in [1.29, 1.82) is 0 Å². The summed E-state index contributed by atoms with van der Waals surface area (Å²) in [7, 11) is 0. The largest absolute Gasteiger partial charge is 0.324 e. The molecule has 2 aliphatic rings. The Kier molecular flexibility index (Phi) is 5.08. The second kappa shape index (κ2) is 7.61. The molecule has 1 saturated heterocycles. The van der Waals surface area contributed by atoms with Crippen LogP contribution in [0, 0.1) is 34.6 Å². The summed E-state index contributed by atoms with van der Waals surface area (Å²) in [6.07, 6.45) is 0. The van der Waals surface area contributed by atoms with Gasteiger partial charge in [0.15, 0.2) is 12.1 Å². The summed E-state index contributed by atoms with van der Waals surface area (Å²) in [5.41, 5.74) is 6.34. The zero-order chi connectivity index (χ0) is 22.4. The summed E-state index contributed by atoms with van der Waals surface area (Å²) in [5, 5.41) is 12.2. The zero-order valence-corrected chi connectivity index (χ0v) is 18.3. The first-order valence-electron chi connectivity index (χ1n) is 10.2. The van der Waals surface area contributed by atoms with Crippen molar-refractivity contribution in [2.75, 3.05) is 16.8 Å². The van der Waals surface area contributed by atoms with Gasteiger partial charge in [0.05, 0.1) is 5.69 Å². The number of hydrogen-bond donors (Lipinski definition) is 1. The van der Waals surface area contributed by atoms with Crippen LogP contribution in [0.4, 0.5) is 11.4 Å². The van der Waals surface area contributed by atoms with Crippen molar-refractivity contribution in [3.05, 3.63) is 58.1 Å². The lowest BCUT2D eigenvalue weighted by atomic mass is 10.1. The Hall–Kier alpha value is -3.55. The number of amides is 3. The SMILES string of the molecule is Cc1cc(C)c(NC(=O)CN2N=N[C@@H]3C(=O)N(c4ccc(C)c(C)c4)C(=O)[C@@H]32)c(C)c1. The maximum Gasteiger partial charge on any atom is 0.263 e. The van der Waals surface area contributed by atoms with E-state index in [2.05, 4.69) is 15.7 Å². The van der Waals surface area contributed by atoms with Crippen LogP contribution in [0.25, 0.3) is 0 Å². The average Bonchev–Trinajstić information content (AvgIpc) is 3.21. The molecule has 0 bridgehead atoms. The number of nitrogens with one attached hydrogen (secondary N) is 1. The molecule has 0 aromatic heterocycles. The van der Waals surface area contributed by atoms with E-state index >= 15 is 0 Å². The minimum Gasteiger partial charge on any atom is -0.324 e. The molecule has 31 heavy (non-hydrogen) atoms. The molecule has 8 nitrogen and oxygen atoms in total. The molecular weight excluding hydrogens is 394 g/mol. The van der Waals surface area contributed by atoms with E-state index in [0.717, 1.165) is 38.4 Å². The number of imide groups is 1. The lowest BCUT2D eigenvalue weighted by Crippen LogP contribution is -2.43.